The lowest BCUT2D eigenvalue weighted by Gasteiger charge is -2.24. The maximum absolute atomic E-state index is 11.0. The third-order valence-corrected chi connectivity index (χ3v) is 3.48. The fraction of sp³-hybridized carbons (Fsp3) is 0.857. The van der Waals surface area contributed by atoms with Crippen LogP contribution in [0.5, 0.6) is 0 Å². The number of hydrogen-bond donors (Lipinski definition) is 2. The third-order valence-electron chi connectivity index (χ3n) is 3.48. The number of hydrogen-bond acceptors (Lipinski definition) is 4. The topological polar surface area (TPSA) is 72.0 Å². The molecule has 2 N–H and O–H groups in total. The minimum atomic E-state index is -0.154. The molecule has 1 aliphatic heterocycles. The number of esters is 1. The lowest BCUT2D eigenvalue weighted by atomic mass is 10.0. The number of rotatable bonds is 7. The summed E-state index contributed by atoms with van der Waals surface area (Å²) < 4.78 is 10.3. The van der Waals surface area contributed by atoms with Crippen molar-refractivity contribution >= 4 is 11.9 Å². The van der Waals surface area contributed by atoms with Gasteiger partial charge in [-0.2, -0.15) is 0 Å². The van der Waals surface area contributed by atoms with Crippen LogP contribution in [0.4, 0.5) is 0 Å². The molecule has 6 nitrogen and oxygen atoms in total. The van der Waals surface area contributed by atoms with Crippen molar-refractivity contribution in [1.29, 1.82) is 0 Å². The third kappa shape index (κ3) is 6.23. The lowest BCUT2D eigenvalue weighted by Crippen LogP contribution is -2.45. The second-order valence-electron chi connectivity index (χ2n) is 5.29. The number of guanidine groups is 1. The predicted octanol–water partition coefficient (Wildman–Crippen LogP) is 1.06. The van der Waals surface area contributed by atoms with Gasteiger partial charge in [-0.15, -0.1) is 0 Å². The van der Waals surface area contributed by atoms with Gasteiger partial charge in [0.05, 0.1) is 12.7 Å². The van der Waals surface area contributed by atoms with E-state index < -0.39 is 0 Å². The van der Waals surface area contributed by atoms with Crippen LogP contribution in [0, 0.1) is 0 Å². The van der Waals surface area contributed by atoms with Crippen molar-refractivity contribution in [3.63, 3.8) is 0 Å². The zero-order chi connectivity index (χ0) is 14.8. The molecule has 0 aromatic rings. The Morgan fingerprint density at radius 1 is 1.40 bits per heavy atom. The zero-order valence-electron chi connectivity index (χ0n) is 12.8. The first-order valence-electron chi connectivity index (χ1n) is 7.25. The molecule has 1 atom stereocenters. The molecule has 6 heteroatoms. The summed E-state index contributed by atoms with van der Waals surface area (Å²) in [5.74, 6) is 0.624. The number of methoxy groups -OCH3 is 1. The summed E-state index contributed by atoms with van der Waals surface area (Å²) in [6.07, 6.45) is 4.39. The van der Waals surface area contributed by atoms with E-state index in [-0.39, 0.29) is 11.6 Å². The van der Waals surface area contributed by atoms with Crippen LogP contribution in [0.25, 0.3) is 0 Å². The summed E-state index contributed by atoms with van der Waals surface area (Å²) >= 11 is 0. The van der Waals surface area contributed by atoms with Crippen LogP contribution >= 0.6 is 0 Å². The van der Waals surface area contributed by atoms with E-state index in [1.807, 2.05) is 0 Å². The van der Waals surface area contributed by atoms with E-state index >= 15 is 0 Å². The smallest absolute Gasteiger partial charge is 0.305 e. The molecule has 1 unspecified atom stereocenters. The molecule has 1 aliphatic rings. The molecule has 0 saturated carbocycles. The first-order chi connectivity index (χ1) is 9.59. The standard InChI is InChI=1S/C14H27N3O3/c1-14(8-6-10-20-14)11-17-13(15-2)16-9-5-4-7-12(18)19-3/h4-11H2,1-3H3,(H2,15,16,17). The first-order valence-corrected chi connectivity index (χ1v) is 7.25. The van der Waals surface area contributed by atoms with Crippen molar-refractivity contribution in [2.75, 3.05) is 33.9 Å². The Labute approximate surface area is 121 Å². The normalized spacial score (nSPS) is 22.6. The SMILES string of the molecule is CN=C(NCCCCC(=O)OC)NCC1(C)CCCO1. The maximum Gasteiger partial charge on any atom is 0.305 e. The summed E-state index contributed by atoms with van der Waals surface area (Å²) in [6.45, 7) is 4.51. The molecule has 0 spiro atoms. The molecule has 116 valence electrons. The highest BCUT2D eigenvalue weighted by atomic mass is 16.5. The van der Waals surface area contributed by atoms with Crippen LogP contribution in [-0.2, 0) is 14.3 Å². The molecule has 1 rings (SSSR count). The van der Waals surface area contributed by atoms with Crippen molar-refractivity contribution in [3.8, 4) is 0 Å². The average molecular weight is 285 g/mol. The van der Waals surface area contributed by atoms with E-state index in [4.69, 9.17) is 4.74 Å². The summed E-state index contributed by atoms with van der Waals surface area (Å²) in [5, 5.41) is 6.52. The Balaban J connectivity index is 2.12. The van der Waals surface area contributed by atoms with Crippen molar-refractivity contribution in [3.05, 3.63) is 0 Å². The summed E-state index contributed by atoms with van der Waals surface area (Å²) in [6, 6.07) is 0. The Kier molecular flexibility index (Phi) is 7.36. The van der Waals surface area contributed by atoms with Crippen molar-refractivity contribution in [2.45, 2.75) is 44.6 Å². The van der Waals surface area contributed by atoms with Gasteiger partial charge >= 0.3 is 5.97 Å². The van der Waals surface area contributed by atoms with E-state index in [1.165, 1.54) is 7.11 Å². The number of carbonyl (C=O) groups excluding carboxylic acids is 1. The Morgan fingerprint density at radius 2 is 2.20 bits per heavy atom. The molecule has 0 bridgehead atoms. The van der Waals surface area contributed by atoms with E-state index in [0.717, 1.165) is 51.3 Å². The van der Waals surface area contributed by atoms with Gasteiger partial charge in [-0.25, -0.2) is 0 Å². The van der Waals surface area contributed by atoms with E-state index in [2.05, 4.69) is 27.3 Å². The highest BCUT2D eigenvalue weighted by Gasteiger charge is 2.29. The van der Waals surface area contributed by atoms with Crippen molar-refractivity contribution in [2.24, 2.45) is 4.99 Å². The van der Waals surface area contributed by atoms with E-state index in [0.29, 0.717) is 6.42 Å². The van der Waals surface area contributed by atoms with Crippen LogP contribution in [0.15, 0.2) is 4.99 Å². The van der Waals surface area contributed by atoms with Gasteiger partial charge in [0.25, 0.3) is 0 Å². The monoisotopic (exact) mass is 285 g/mol. The number of carbonyl (C=O) groups is 1. The maximum atomic E-state index is 11.0. The summed E-state index contributed by atoms with van der Waals surface area (Å²) in [7, 11) is 3.17. The quantitative estimate of drug-likeness (QED) is 0.317. The predicted molar refractivity (Wildman–Crippen MR) is 78.8 cm³/mol. The summed E-state index contributed by atoms with van der Waals surface area (Å²) in [4.78, 5) is 15.1. The van der Waals surface area contributed by atoms with E-state index in [9.17, 15) is 4.79 Å². The number of ether oxygens (including phenoxy) is 2. The minimum absolute atomic E-state index is 0.0808. The van der Waals surface area contributed by atoms with Crippen LogP contribution < -0.4 is 10.6 Å². The highest BCUT2D eigenvalue weighted by molar-refractivity contribution is 5.79. The van der Waals surface area contributed by atoms with Gasteiger partial charge in [0.1, 0.15) is 0 Å². The van der Waals surface area contributed by atoms with Gasteiger partial charge in [0, 0.05) is 33.2 Å². The second-order valence-corrected chi connectivity index (χ2v) is 5.29. The van der Waals surface area contributed by atoms with Gasteiger partial charge in [-0.3, -0.25) is 9.79 Å². The number of aliphatic imine (C=N–C) groups is 1. The molecule has 1 heterocycles. The molecule has 20 heavy (non-hydrogen) atoms. The molecular weight excluding hydrogens is 258 g/mol. The van der Waals surface area contributed by atoms with Crippen LogP contribution in [0.2, 0.25) is 0 Å². The zero-order valence-corrected chi connectivity index (χ0v) is 12.8. The molecule has 1 fully saturated rings. The number of nitrogens with zero attached hydrogens (tertiary/aromatic N) is 1. The molecule has 0 amide bonds. The van der Waals surface area contributed by atoms with Crippen LogP contribution in [0.1, 0.15) is 39.0 Å². The number of nitrogens with one attached hydrogen (secondary N) is 2. The van der Waals surface area contributed by atoms with Gasteiger partial charge < -0.3 is 20.1 Å². The first kappa shape index (κ1) is 16.8. The molecule has 0 aromatic carbocycles. The van der Waals surface area contributed by atoms with Crippen molar-refractivity contribution in [1.82, 2.24) is 10.6 Å². The molecule has 0 aliphatic carbocycles. The number of unbranched alkanes of at least 4 members (excludes halogenated alkanes) is 1. The summed E-state index contributed by atoms with van der Waals surface area (Å²) in [5.41, 5.74) is -0.0808. The van der Waals surface area contributed by atoms with Gasteiger partial charge in [-0.05, 0) is 32.6 Å². The molecule has 1 saturated heterocycles. The highest BCUT2D eigenvalue weighted by Crippen LogP contribution is 2.23. The fourth-order valence-electron chi connectivity index (χ4n) is 2.17. The van der Waals surface area contributed by atoms with Gasteiger partial charge in [-0.1, -0.05) is 0 Å². The fourth-order valence-corrected chi connectivity index (χ4v) is 2.17. The van der Waals surface area contributed by atoms with Crippen LogP contribution in [0.3, 0.4) is 0 Å². The van der Waals surface area contributed by atoms with Crippen molar-refractivity contribution < 1.29 is 14.3 Å². The van der Waals surface area contributed by atoms with Crippen LogP contribution in [-0.4, -0.2) is 51.4 Å². The van der Waals surface area contributed by atoms with Gasteiger partial charge in [0.15, 0.2) is 5.96 Å². The van der Waals surface area contributed by atoms with E-state index in [1.54, 1.807) is 7.05 Å². The molecule has 0 aromatic heterocycles. The average Bonchev–Trinajstić information content (AvgIpc) is 2.88. The largest absolute Gasteiger partial charge is 0.469 e. The Bertz CT molecular complexity index is 326. The molecule has 0 radical (unpaired) electrons. The lowest BCUT2D eigenvalue weighted by molar-refractivity contribution is -0.140. The second kappa shape index (κ2) is 8.79. The Morgan fingerprint density at radius 3 is 2.80 bits per heavy atom. The minimum Gasteiger partial charge on any atom is -0.469 e. The molecular formula is C14H27N3O3. The van der Waals surface area contributed by atoms with Gasteiger partial charge in [0.2, 0.25) is 0 Å². The Hall–Kier alpha value is -1.30.